The van der Waals surface area contributed by atoms with Gasteiger partial charge in [0.25, 0.3) is 11.7 Å². The van der Waals surface area contributed by atoms with Gasteiger partial charge in [0.1, 0.15) is 42.5 Å². The summed E-state index contributed by atoms with van der Waals surface area (Å²) in [5.74, 6) is -3.93. The summed E-state index contributed by atoms with van der Waals surface area (Å²) >= 11 is 0. The van der Waals surface area contributed by atoms with Gasteiger partial charge in [-0.25, -0.2) is 9.89 Å². The van der Waals surface area contributed by atoms with Gasteiger partial charge in [-0.2, -0.15) is 4.99 Å². The lowest BCUT2D eigenvalue weighted by atomic mass is 9.78. The Hall–Kier alpha value is -6.03. The van der Waals surface area contributed by atoms with Gasteiger partial charge in [0.15, 0.2) is 35.3 Å². The van der Waals surface area contributed by atoms with Crippen molar-refractivity contribution in [2.75, 3.05) is 19.9 Å². The Labute approximate surface area is 364 Å². The van der Waals surface area contributed by atoms with Gasteiger partial charge in [-0.1, -0.05) is 24.3 Å². The van der Waals surface area contributed by atoms with Crippen LogP contribution >= 0.6 is 0 Å². The molecule has 1 saturated heterocycles. The normalized spacial score (nSPS) is 28.3. The van der Waals surface area contributed by atoms with E-state index in [0.717, 1.165) is 0 Å². The van der Waals surface area contributed by atoms with E-state index in [-0.39, 0.29) is 64.2 Å². The van der Waals surface area contributed by atoms with Crippen molar-refractivity contribution in [3.8, 4) is 11.5 Å². The zero-order valence-corrected chi connectivity index (χ0v) is 34.2. The number of rotatable bonds is 10. The Morgan fingerprint density at radius 1 is 1.02 bits per heavy atom. The largest absolute Gasteiger partial charge is 0.492 e. The molecule has 6 aliphatic rings. The summed E-state index contributed by atoms with van der Waals surface area (Å²) in [7, 11) is 0. The average molecular weight is 881 g/mol. The van der Waals surface area contributed by atoms with Crippen LogP contribution in [0.2, 0.25) is 0 Å². The number of fused-ring (bicyclic) bond motifs is 7. The maximum absolute atomic E-state index is 14.8. The van der Waals surface area contributed by atoms with E-state index < -0.39 is 97.3 Å². The minimum atomic E-state index is -2.53. The number of carbonyl (C=O) groups excluding carboxylic acids is 4. The third-order valence-electron chi connectivity index (χ3n) is 12.9. The monoisotopic (exact) mass is 880 g/mol. The van der Waals surface area contributed by atoms with E-state index in [4.69, 9.17) is 24.4 Å². The fourth-order valence-electron chi connectivity index (χ4n) is 9.70. The Morgan fingerprint density at radius 2 is 1.80 bits per heavy atom. The van der Waals surface area contributed by atoms with Crippen LogP contribution in [0.5, 0.6) is 11.5 Å². The van der Waals surface area contributed by atoms with Crippen molar-refractivity contribution >= 4 is 47.0 Å². The number of nitrogens with zero attached hydrogens (tertiary/aromatic N) is 2. The van der Waals surface area contributed by atoms with E-state index in [1.807, 2.05) is 0 Å². The fourth-order valence-corrected chi connectivity index (χ4v) is 9.70. The second-order valence-corrected chi connectivity index (χ2v) is 16.7. The van der Waals surface area contributed by atoms with Crippen LogP contribution < -0.4 is 19.7 Å². The minimum Gasteiger partial charge on any atom is -0.492 e. The summed E-state index contributed by atoms with van der Waals surface area (Å²) in [5, 5.41) is 77.5. The molecule has 2 bridgehead atoms. The smallest absolute Gasteiger partial charge is 0.284 e. The van der Waals surface area contributed by atoms with E-state index in [2.05, 4.69) is 15.3 Å². The molecule has 2 aliphatic carbocycles. The third-order valence-corrected chi connectivity index (χ3v) is 12.9. The topological polar surface area (TPSA) is 292 Å². The van der Waals surface area contributed by atoms with Gasteiger partial charge in [0.05, 0.1) is 24.5 Å². The van der Waals surface area contributed by atoms with E-state index in [1.165, 1.54) is 30.5 Å². The van der Waals surface area contributed by atoms with Crippen molar-refractivity contribution in [3.05, 3.63) is 99.8 Å². The summed E-state index contributed by atoms with van der Waals surface area (Å²) in [5.41, 5.74) is -2.86. The number of hydrogen-bond donors (Lipinski definition) is 9. The summed E-state index contributed by atoms with van der Waals surface area (Å²) in [6.07, 6.45) is -3.81. The summed E-state index contributed by atoms with van der Waals surface area (Å²) < 4.78 is 26.2. The highest BCUT2D eigenvalue weighted by atomic mass is 16.7. The molecule has 1 spiro atoms. The van der Waals surface area contributed by atoms with Crippen LogP contribution in [0.25, 0.3) is 0 Å². The van der Waals surface area contributed by atoms with Gasteiger partial charge in [-0.3, -0.25) is 25.1 Å². The number of allylic oxidation sites excluding steroid dienone is 1. The van der Waals surface area contributed by atoms with Crippen LogP contribution in [0.15, 0.2) is 70.9 Å². The van der Waals surface area contributed by atoms with Crippen LogP contribution in [0.4, 0.5) is 5.69 Å². The Bertz CT molecular complexity index is 2550. The number of amides is 1. The second kappa shape index (κ2) is 16.8. The lowest BCUT2D eigenvalue weighted by Gasteiger charge is -2.51. The number of carbonyl (C=O) groups is 4. The molecule has 4 aliphatic heterocycles. The molecular formula is C45H46N5O14+. The first-order chi connectivity index (χ1) is 30.8. The number of aliphatic hydroxyl groups excluding tert-OH is 5. The maximum Gasteiger partial charge on any atom is 0.284 e. The van der Waals surface area contributed by atoms with Gasteiger partial charge >= 0.3 is 0 Å². The molecule has 0 aromatic heterocycles. The highest BCUT2D eigenvalue weighted by Crippen LogP contribution is 2.51. The minimum absolute atomic E-state index is 0.000382. The summed E-state index contributed by atoms with van der Waals surface area (Å²) in [6, 6.07) is 12.7. The van der Waals surface area contributed by atoms with Gasteiger partial charge in [-0.05, 0) is 61.6 Å². The number of ketones is 2. The number of ether oxygens (including phenoxy) is 4. The molecule has 0 radical (unpaired) electrons. The molecule has 4 heterocycles. The first kappa shape index (κ1) is 43.2. The first-order valence-electron chi connectivity index (χ1n) is 21.0. The van der Waals surface area contributed by atoms with Gasteiger partial charge in [0.2, 0.25) is 18.0 Å². The lowest BCUT2D eigenvalue weighted by molar-refractivity contribution is -0.723. The molecule has 19 heteroatoms. The molecule has 9 N–H and O–H groups in total. The van der Waals surface area contributed by atoms with E-state index in [0.29, 0.717) is 53.7 Å². The molecule has 2 fully saturated rings. The fraction of sp³-hybridized carbons (Fsp3) is 0.400. The van der Waals surface area contributed by atoms with Crippen LogP contribution in [0.3, 0.4) is 0 Å². The zero-order chi connectivity index (χ0) is 45.1. The average Bonchev–Trinajstić information content (AvgIpc) is 3.94. The van der Waals surface area contributed by atoms with Gasteiger partial charge < -0.3 is 54.4 Å². The van der Waals surface area contributed by atoms with Gasteiger partial charge in [0, 0.05) is 53.2 Å². The van der Waals surface area contributed by atoms with E-state index in [9.17, 15) is 49.8 Å². The lowest BCUT2D eigenvalue weighted by Crippen LogP contribution is -3.09. The Kier molecular flexibility index (Phi) is 11.4. The molecule has 3 aromatic rings. The molecule has 8 atom stereocenters. The number of amidine groups is 1. The van der Waals surface area contributed by atoms with Crippen molar-refractivity contribution in [3.63, 3.8) is 0 Å². The van der Waals surface area contributed by atoms with Crippen LogP contribution in [0.1, 0.15) is 93.0 Å². The number of quaternary nitrogens is 1. The third kappa shape index (κ3) is 7.04. The van der Waals surface area contributed by atoms with Crippen LogP contribution in [0, 0.1) is 5.41 Å². The quantitative estimate of drug-likeness (QED) is 0.0918. The number of hydrogen-bond acceptors (Lipinski definition) is 16. The number of aldehydes is 1. The molecule has 9 rings (SSSR count). The Morgan fingerprint density at radius 3 is 2.55 bits per heavy atom. The standard InChI is InChI=1S/C45H45N5O14/c46-43-48-40-32(41(59)49-43)47-21-50(40)30-6-2-1-5-25(30)24-10-16-62-44(11-3-4-12-44)39-35(57)38(58)45(60,13-15-52)42(64-39)63-36-28(24)18-29-31(37(36)61-20-23(54)9-14-51)34(56)27-17-22(19-53)7-8-26(27)33(29)55/h1-2,5-8,10,14,16-18,23-24,35,38-39,42,52-54,57-58,60H,3-4,9,11-13,15,19-21H2,(H2,46,49,59)/p+1. The first-order valence-corrected chi connectivity index (χ1v) is 21.0. The molecule has 64 heavy (non-hydrogen) atoms. The zero-order valence-electron chi connectivity index (χ0n) is 34.2. The number of guanidine groups is 1. The van der Waals surface area contributed by atoms with Crippen LogP contribution in [-0.2, 0) is 25.7 Å². The molecule has 1 saturated carbocycles. The second-order valence-electron chi connectivity index (χ2n) is 16.7. The van der Waals surface area contributed by atoms with Crippen molar-refractivity contribution in [1.82, 2.24) is 5.32 Å². The SMILES string of the molecule is N=C1N=C2C(=NC[NH+]2c2ccccc2C2C=COC3(CCCC3)C3OC(Oc4c2cc2c(c4OCC(O)CC=O)C(=O)c4cc(CO)ccc4C2=O)C(O)(CCO)C(O)C3O)C(=O)N1. The number of benzene rings is 3. The predicted octanol–water partition coefficient (Wildman–Crippen LogP) is -0.398. The molecular weight excluding hydrogens is 835 g/mol. The molecule has 19 nitrogen and oxygen atoms in total. The number of aliphatic imine (C=N–C) groups is 2. The number of para-hydroxylation sites is 1. The highest BCUT2D eigenvalue weighted by Gasteiger charge is 2.62. The van der Waals surface area contributed by atoms with E-state index in [1.54, 1.807) is 30.3 Å². The molecule has 8 unspecified atom stereocenters. The van der Waals surface area contributed by atoms with Gasteiger partial charge in [-0.15, -0.1) is 0 Å². The predicted molar refractivity (Wildman–Crippen MR) is 222 cm³/mol. The number of nitrogens with one attached hydrogen (secondary N) is 3. The summed E-state index contributed by atoms with van der Waals surface area (Å²) in [4.78, 5) is 63.2. The molecule has 334 valence electrons. The van der Waals surface area contributed by atoms with Crippen LogP contribution in [-0.4, -0.2) is 134 Å². The molecule has 1 amide bonds. The van der Waals surface area contributed by atoms with Crippen molar-refractivity contribution in [2.45, 2.75) is 93.0 Å². The van der Waals surface area contributed by atoms with Crippen molar-refractivity contribution in [2.24, 2.45) is 9.98 Å². The van der Waals surface area contributed by atoms with Crippen molar-refractivity contribution < 1.29 is 73.7 Å². The number of aliphatic hydroxyl groups is 6. The highest BCUT2D eigenvalue weighted by molar-refractivity contribution is 6.68. The van der Waals surface area contributed by atoms with Crippen molar-refractivity contribution in [1.29, 1.82) is 5.41 Å². The molecule has 3 aromatic carbocycles. The Balaban J connectivity index is 1.33. The summed E-state index contributed by atoms with van der Waals surface area (Å²) in [6.45, 7) is -1.76. The van der Waals surface area contributed by atoms with E-state index >= 15 is 0 Å². The maximum atomic E-state index is 14.8.